The zero-order chi connectivity index (χ0) is 33.1. The third-order valence-electron chi connectivity index (χ3n) is 8.02. The Morgan fingerprint density at radius 3 is 2.63 bits per heavy atom. The fourth-order valence-electron chi connectivity index (χ4n) is 5.62. The van der Waals surface area contributed by atoms with E-state index in [-0.39, 0.29) is 18.1 Å². The van der Waals surface area contributed by atoms with Gasteiger partial charge in [-0.1, -0.05) is 39.6 Å². The lowest BCUT2D eigenvalue weighted by atomic mass is 10.00. The van der Waals surface area contributed by atoms with Gasteiger partial charge in [-0.25, -0.2) is 14.5 Å². The highest BCUT2D eigenvalue weighted by Gasteiger charge is 2.27. The van der Waals surface area contributed by atoms with E-state index in [2.05, 4.69) is 66.9 Å². The lowest BCUT2D eigenvalue weighted by molar-refractivity contribution is 0.0500. The molecule has 0 spiro atoms. The lowest BCUT2D eigenvalue weighted by Crippen LogP contribution is -2.49. The molecule has 0 saturated carbocycles. The second kappa shape index (κ2) is 13.9. The van der Waals surface area contributed by atoms with Gasteiger partial charge in [0, 0.05) is 57.2 Å². The van der Waals surface area contributed by atoms with Gasteiger partial charge in [0.25, 0.3) is 0 Å². The van der Waals surface area contributed by atoms with E-state index >= 15 is 0 Å². The Labute approximate surface area is 274 Å². The number of fused-ring (bicyclic) bond motifs is 1. The number of hydrogen-bond acceptors (Lipinski definition) is 8. The van der Waals surface area contributed by atoms with Crippen molar-refractivity contribution in [2.24, 2.45) is 0 Å². The number of carbonyl (C=O) groups is 1. The third-order valence-corrected chi connectivity index (χ3v) is 9.72. The van der Waals surface area contributed by atoms with Crippen molar-refractivity contribution in [3.8, 4) is 22.6 Å². The van der Waals surface area contributed by atoms with Gasteiger partial charge >= 0.3 is 6.09 Å². The van der Waals surface area contributed by atoms with Crippen molar-refractivity contribution < 1.29 is 14.3 Å². The third kappa shape index (κ3) is 8.50. The first-order valence-corrected chi connectivity index (χ1v) is 20.1. The Morgan fingerprint density at radius 2 is 1.93 bits per heavy atom. The standard InChI is InChI=1S/C35H49N7O3Si/c1-24(2)27-13-14-29(39-33(27)41-16-10-12-26(22-41)38-34(43)45-35(3,4)5)32-28-19-30(25-11-9-15-36-20-25)37-21-31(28)42(40-32)23-44-17-18-46(6,7)8/h9,11,13-15,19-21,24,26H,10,12,16-18,22-23H2,1-8H3,(H,38,43). The minimum atomic E-state index is -1.22. The molecule has 1 N–H and O–H groups in total. The fourth-order valence-corrected chi connectivity index (χ4v) is 6.37. The molecule has 0 aliphatic carbocycles. The number of rotatable bonds is 10. The van der Waals surface area contributed by atoms with Crippen molar-refractivity contribution in [1.82, 2.24) is 30.0 Å². The van der Waals surface area contributed by atoms with Crippen LogP contribution in [0.2, 0.25) is 25.7 Å². The van der Waals surface area contributed by atoms with Gasteiger partial charge in [0.05, 0.1) is 23.1 Å². The summed E-state index contributed by atoms with van der Waals surface area (Å²) >= 11 is 0. The number of piperidine rings is 1. The SMILES string of the molecule is CC(C)c1ccc(-c2nn(COCC[Si](C)(C)C)c3cnc(-c4cccnc4)cc23)nc1N1CCCC(NC(=O)OC(C)(C)C)C1. The average Bonchev–Trinajstić information content (AvgIpc) is 3.36. The van der Waals surface area contributed by atoms with Crippen LogP contribution in [0.4, 0.5) is 10.6 Å². The molecule has 1 amide bonds. The maximum Gasteiger partial charge on any atom is 0.407 e. The molecule has 5 rings (SSSR count). The Morgan fingerprint density at radius 1 is 1.13 bits per heavy atom. The molecule has 1 unspecified atom stereocenters. The minimum Gasteiger partial charge on any atom is -0.444 e. The number of aromatic nitrogens is 5. The number of amides is 1. The maximum atomic E-state index is 12.6. The Hall–Kier alpha value is -3.83. The smallest absolute Gasteiger partial charge is 0.407 e. The lowest BCUT2D eigenvalue weighted by Gasteiger charge is -2.36. The van der Waals surface area contributed by atoms with E-state index in [1.54, 1.807) is 6.20 Å². The van der Waals surface area contributed by atoms with Crippen molar-refractivity contribution >= 4 is 30.9 Å². The summed E-state index contributed by atoms with van der Waals surface area (Å²) in [5, 5.41) is 9.11. The molecule has 46 heavy (non-hydrogen) atoms. The molecular formula is C35H49N7O3Si. The normalized spacial score (nSPS) is 15.8. The first-order chi connectivity index (χ1) is 21.8. The van der Waals surface area contributed by atoms with E-state index in [0.29, 0.717) is 19.9 Å². The quantitative estimate of drug-likeness (QED) is 0.140. The zero-order valence-electron chi connectivity index (χ0n) is 28.6. The molecule has 1 fully saturated rings. The number of nitrogens with zero attached hydrogens (tertiary/aromatic N) is 6. The second-order valence-electron chi connectivity index (χ2n) is 14.7. The van der Waals surface area contributed by atoms with Gasteiger partial charge in [0.15, 0.2) is 0 Å². The molecule has 4 aromatic rings. The predicted octanol–water partition coefficient (Wildman–Crippen LogP) is 7.48. The first-order valence-electron chi connectivity index (χ1n) is 16.4. The Bertz CT molecular complexity index is 1640. The number of alkyl carbamates (subject to hydrolysis) is 1. The highest BCUT2D eigenvalue weighted by Crippen LogP contribution is 2.34. The van der Waals surface area contributed by atoms with Crippen LogP contribution >= 0.6 is 0 Å². The van der Waals surface area contributed by atoms with Gasteiger partial charge in [0.1, 0.15) is 23.8 Å². The molecule has 10 nitrogen and oxygen atoms in total. The summed E-state index contributed by atoms with van der Waals surface area (Å²) in [4.78, 5) is 29.2. The van der Waals surface area contributed by atoms with Gasteiger partial charge < -0.3 is 19.7 Å². The summed E-state index contributed by atoms with van der Waals surface area (Å²) in [7, 11) is -1.22. The van der Waals surface area contributed by atoms with Crippen LogP contribution in [-0.2, 0) is 16.2 Å². The average molecular weight is 644 g/mol. The molecule has 1 atom stereocenters. The van der Waals surface area contributed by atoms with Crippen molar-refractivity contribution in [2.75, 3.05) is 24.6 Å². The molecule has 1 aliphatic rings. The fraction of sp³-hybridized carbons (Fsp3) is 0.514. The molecule has 4 aromatic heterocycles. The van der Waals surface area contributed by atoms with Gasteiger partial charge in [-0.05, 0) is 75.4 Å². The van der Waals surface area contributed by atoms with E-state index in [9.17, 15) is 4.79 Å². The van der Waals surface area contributed by atoms with Gasteiger partial charge in [-0.2, -0.15) is 5.10 Å². The molecule has 246 valence electrons. The minimum absolute atomic E-state index is 0.0319. The summed E-state index contributed by atoms with van der Waals surface area (Å²) in [6.07, 6.45) is 6.91. The number of hydrogen-bond donors (Lipinski definition) is 1. The van der Waals surface area contributed by atoms with Crippen LogP contribution in [0.15, 0.2) is 48.9 Å². The molecule has 5 heterocycles. The molecule has 1 saturated heterocycles. The summed E-state index contributed by atoms with van der Waals surface area (Å²) in [5.74, 6) is 1.20. The molecule has 0 aromatic carbocycles. The highest BCUT2D eigenvalue weighted by molar-refractivity contribution is 6.76. The van der Waals surface area contributed by atoms with Crippen LogP contribution in [0.5, 0.6) is 0 Å². The van der Waals surface area contributed by atoms with Gasteiger partial charge in [-0.15, -0.1) is 0 Å². The second-order valence-corrected chi connectivity index (χ2v) is 20.3. The summed E-state index contributed by atoms with van der Waals surface area (Å²) in [6, 6.07) is 11.3. The van der Waals surface area contributed by atoms with Gasteiger partial charge in [0.2, 0.25) is 0 Å². The molecule has 1 aliphatic heterocycles. The van der Waals surface area contributed by atoms with E-state index in [4.69, 9.17) is 24.5 Å². The summed E-state index contributed by atoms with van der Waals surface area (Å²) in [6.45, 7) is 19.6. The van der Waals surface area contributed by atoms with Crippen LogP contribution in [0, 0.1) is 0 Å². The Kier molecular flexibility index (Phi) is 10.1. The van der Waals surface area contributed by atoms with Crippen LogP contribution in [-0.4, -0.2) is 70.2 Å². The van der Waals surface area contributed by atoms with Crippen molar-refractivity contribution in [3.05, 3.63) is 54.5 Å². The van der Waals surface area contributed by atoms with E-state index in [0.717, 1.165) is 70.4 Å². The molecule has 0 radical (unpaired) electrons. The van der Waals surface area contributed by atoms with Gasteiger partial charge in [-0.3, -0.25) is 9.97 Å². The number of pyridine rings is 3. The van der Waals surface area contributed by atoms with Crippen molar-refractivity contribution in [1.29, 1.82) is 0 Å². The van der Waals surface area contributed by atoms with Crippen molar-refractivity contribution in [2.45, 2.75) is 97.4 Å². The van der Waals surface area contributed by atoms with Crippen molar-refractivity contribution in [3.63, 3.8) is 0 Å². The molecular weight excluding hydrogens is 595 g/mol. The number of ether oxygens (including phenoxy) is 2. The molecule has 11 heteroatoms. The van der Waals surface area contributed by atoms with E-state index < -0.39 is 13.7 Å². The predicted molar refractivity (Wildman–Crippen MR) is 187 cm³/mol. The highest BCUT2D eigenvalue weighted by atomic mass is 28.3. The topological polar surface area (TPSA) is 107 Å². The van der Waals surface area contributed by atoms with Crippen LogP contribution in [0.25, 0.3) is 33.5 Å². The summed E-state index contributed by atoms with van der Waals surface area (Å²) < 4.78 is 13.6. The summed E-state index contributed by atoms with van der Waals surface area (Å²) in [5.41, 5.74) is 4.85. The Balaban J connectivity index is 1.50. The first kappa shape index (κ1) is 33.5. The monoisotopic (exact) mass is 643 g/mol. The van der Waals surface area contributed by atoms with E-state index in [1.165, 1.54) is 0 Å². The van der Waals surface area contributed by atoms with Crippen LogP contribution < -0.4 is 10.2 Å². The zero-order valence-corrected chi connectivity index (χ0v) is 29.6. The molecule has 0 bridgehead atoms. The number of anilines is 1. The van der Waals surface area contributed by atoms with E-state index in [1.807, 2.05) is 50.0 Å². The number of nitrogens with one attached hydrogen (secondary N) is 1. The maximum absolute atomic E-state index is 12.6. The number of carbonyl (C=O) groups excluding carboxylic acids is 1. The van der Waals surface area contributed by atoms with Crippen LogP contribution in [0.1, 0.15) is 58.9 Å². The van der Waals surface area contributed by atoms with Crippen LogP contribution in [0.3, 0.4) is 0 Å². The largest absolute Gasteiger partial charge is 0.444 e.